The second-order valence-corrected chi connectivity index (χ2v) is 5.21. The average Bonchev–Trinajstić information content (AvgIpc) is 2.27. The summed E-state index contributed by atoms with van der Waals surface area (Å²) in [6.45, 7) is 1.38. The normalized spacial score (nSPS) is 13.1. The van der Waals surface area contributed by atoms with Crippen molar-refractivity contribution in [1.29, 1.82) is 0 Å². The molecule has 0 aromatic heterocycles. The molecule has 0 radical (unpaired) electrons. The third kappa shape index (κ3) is 5.46. The number of ether oxygens (including phenoxy) is 1. The minimum Gasteiger partial charge on any atom is -0.457 e. The van der Waals surface area contributed by atoms with Gasteiger partial charge in [0.1, 0.15) is 12.7 Å². The summed E-state index contributed by atoms with van der Waals surface area (Å²) in [5, 5.41) is 0. The fourth-order valence-corrected chi connectivity index (χ4v) is 1.52. The number of rotatable bonds is 5. The first-order valence-electron chi connectivity index (χ1n) is 4.99. The maximum Gasteiger partial charge on any atom is 0.338 e. The van der Waals surface area contributed by atoms with Gasteiger partial charge in [-0.15, -0.1) is 0 Å². The molecule has 0 amide bonds. The molecule has 1 aromatic rings. The molecule has 5 nitrogen and oxygen atoms in total. The Hall–Kier alpha value is -1.40. The number of esters is 1. The van der Waals surface area contributed by atoms with Crippen LogP contribution in [0.25, 0.3) is 0 Å². The van der Waals surface area contributed by atoms with Crippen molar-refractivity contribution >= 4 is 16.1 Å². The Bertz CT molecular complexity index is 466. The molecule has 1 unspecified atom stereocenters. The van der Waals surface area contributed by atoms with E-state index in [2.05, 4.69) is 4.18 Å². The van der Waals surface area contributed by atoms with Crippen LogP contribution >= 0.6 is 0 Å². The maximum absolute atomic E-state index is 11.6. The van der Waals surface area contributed by atoms with Gasteiger partial charge in [0.15, 0.2) is 0 Å². The Balaban J connectivity index is 2.47. The van der Waals surface area contributed by atoms with Gasteiger partial charge in [0.2, 0.25) is 0 Å². The van der Waals surface area contributed by atoms with Gasteiger partial charge in [0.05, 0.1) is 11.8 Å². The van der Waals surface area contributed by atoms with E-state index in [1.807, 2.05) is 0 Å². The van der Waals surface area contributed by atoms with Crippen molar-refractivity contribution in [2.24, 2.45) is 0 Å². The van der Waals surface area contributed by atoms with Crippen molar-refractivity contribution in [3.05, 3.63) is 35.9 Å². The molecule has 0 bridgehead atoms. The van der Waals surface area contributed by atoms with Crippen LogP contribution in [0, 0.1) is 0 Å². The predicted molar refractivity (Wildman–Crippen MR) is 62.1 cm³/mol. The Morgan fingerprint density at radius 1 is 1.29 bits per heavy atom. The van der Waals surface area contributed by atoms with Crippen molar-refractivity contribution in [1.82, 2.24) is 0 Å². The summed E-state index contributed by atoms with van der Waals surface area (Å²) in [7, 11) is -3.51. The van der Waals surface area contributed by atoms with E-state index >= 15 is 0 Å². The minimum atomic E-state index is -3.51. The van der Waals surface area contributed by atoms with Gasteiger partial charge in [0.25, 0.3) is 10.1 Å². The zero-order valence-corrected chi connectivity index (χ0v) is 10.4. The molecule has 0 aliphatic carbocycles. The summed E-state index contributed by atoms with van der Waals surface area (Å²) in [5.74, 6) is -0.504. The number of benzene rings is 1. The van der Waals surface area contributed by atoms with Gasteiger partial charge in [-0.2, -0.15) is 8.42 Å². The summed E-state index contributed by atoms with van der Waals surface area (Å²) >= 11 is 0. The smallest absolute Gasteiger partial charge is 0.338 e. The quantitative estimate of drug-likeness (QED) is 0.586. The SMILES string of the molecule is CC(COS(C)(=O)=O)OC(=O)c1ccccc1. The van der Waals surface area contributed by atoms with E-state index < -0.39 is 22.2 Å². The first kappa shape index (κ1) is 13.7. The van der Waals surface area contributed by atoms with Gasteiger partial charge >= 0.3 is 5.97 Å². The van der Waals surface area contributed by atoms with Gasteiger partial charge in [0, 0.05) is 0 Å². The van der Waals surface area contributed by atoms with Crippen LogP contribution in [0.3, 0.4) is 0 Å². The number of hydrogen-bond acceptors (Lipinski definition) is 5. The monoisotopic (exact) mass is 258 g/mol. The van der Waals surface area contributed by atoms with Gasteiger partial charge in [-0.25, -0.2) is 4.79 Å². The molecule has 17 heavy (non-hydrogen) atoms. The molecule has 1 atom stereocenters. The van der Waals surface area contributed by atoms with Crippen LogP contribution in [0.1, 0.15) is 17.3 Å². The molecule has 0 N–H and O–H groups in total. The lowest BCUT2D eigenvalue weighted by Crippen LogP contribution is -2.22. The van der Waals surface area contributed by atoms with Crippen molar-refractivity contribution < 1.29 is 22.1 Å². The molecule has 6 heteroatoms. The molecule has 0 saturated carbocycles. The van der Waals surface area contributed by atoms with Gasteiger partial charge in [-0.3, -0.25) is 4.18 Å². The summed E-state index contributed by atoms with van der Waals surface area (Å²) in [6.07, 6.45) is 0.316. The van der Waals surface area contributed by atoms with E-state index in [1.54, 1.807) is 37.3 Å². The molecule has 0 aliphatic heterocycles. The highest BCUT2D eigenvalue weighted by molar-refractivity contribution is 7.85. The van der Waals surface area contributed by atoms with E-state index in [0.29, 0.717) is 5.56 Å². The van der Waals surface area contributed by atoms with Crippen LogP contribution in [0.15, 0.2) is 30.3 Å². The number of carbonyl (C=O) groups is 1. The predicted octanol–water partition coefficient (Wildman–Crippen LogP) is 1.21. The maximum atomic E-state index is 11.6. The van der Waals surface area contributed by atoms with Crippen LogP contribution < -0.4 is 0 Å². The van der Waals surface area contributed by atoms with Crippen LogP contribution in [0.5, 0.6) is 0 Å². The lowest BCUT2D eigenvalue weighted by Gasteiger charge is -2.12. The lowest BCUT2D eigenvalue weighted by molar-refractivity contribution is 0.0235. The van der Waals surface area contributed by atoms with E-state index in [0.717, 1.165) is 6.26 Å². The highest BCUT2D eigenvalue weighted by Crippen LogP contribution is 2.04. The lowest BCUT2D eigenvalue weighted by atomic mass is 10.2. The van der Waals surface area contributed by atoms with Crippen LogP contribution in [0.2, 0.25) is 0 Å². The highest BCUT2D eigenvalue weighted by atomic mass is 32.2. The average molecular weight is 258 g/mol. The van der Waals surface area contributed by atoms with Crippen molar-refractivity contribution in [2.45, 2.75) is 13.0 Å². The van der Waals surface area contributed by atoms with Crippen LogP contribution in [0.4, 0.5) is 0 Å². The summed E-state index contributed by atoms with van der Waals surface area (Å²) in [6, 6.07) is 8.45. The highest BCUT2D eigenvalue weighted by Gasteiger charge is 2.13. The van der Waals surface area contributed by atoms with E-state index in [9.17, 15) is 13.2 Å². The van der Waals surface area contributed by atoms with Crippen LogP contribution in [-0.2, 0) is 19.0 Å². The summed E-state index contributed by atoms with van der Waals surface area (Å²) in [4.78, 5) is 11.6. The van der Waals surface area contributed by atoms with E-state index in [1.165, 1.54) is 0 Å². The number of carbonyl (C=O) groups excluding carboxylic acids is 1. The van der Waals surface area contributed by atoms with E-state index in [4.69, 9.17) is 4.74 Å². The molecule has 0 heterocycles. The second-order valence-electron chi connectivity index (χ2n) is 3.57. The Labute approximate surface area is 100 Å². The fourth-order valence-electron chi connectivity index (χ4n) is 1.08. The number of hydrogen-bond donors (Lipinski definition) is 0. The Kier molecular flexibility index (Phi) is 4.65. The summed E-state index contributed by atoms with van der Waals surface area (Å²) < 4.78 is 31.0. The van der Waals surface area contributed by atoms with Gasteiger partial charge in [-0.05, 0) is 19.1 Å². The van der Waals surface area contributed by atoms with Crippen molar-refractivity contribution in [2.75, 3.05) is 12.9 Å². The van der Waals surface area contributed by atoms with Crippen molar-refractivity contribution in [3.8, 4) is 0 Å². The van der Waals surface area contributed by atoms with Crippen LogP contribution in [-0.4, -0.2) is 33.4 Å². The Morgan fingerprint density at radius 2 is 1.88 bits per heavy atom. The van der Waals surface area contributed by atoms with Gasteiger partial charge in [-0.1, -0.05) is 18.2 Å². The zero-order chi connectivity index (χ0) is 12.9. The molecule has 0 fully saturated rings. The zero-order valence-electron chi connectivity index (χ0n) is 9.62. The Morgan fingerprint density at radius 3 is 2.41 bits per heavy atom. The molecule has 94 valence electrons. The first-order chi connectivity index (χ1) is 7.88. The van der Waals surface area contributed by atoms with Gasteiger partial charge < -0.3 is 4.74 Å². The fraction of sp³-hybridized carbons (Fsp3) is 0.364. The van der Waals surface area contributed by atoms with E-state index in [-0.39, 0.29) is 6.61 Å². The first-order valence-corrected chi connectivity index (χ1v) is 6.80. The molecular formula is C11H14O5S. The molecular weight excluding hydrogens is 244 g/mol. The topological polar surface area (TPSA) is 69.7 Å². The summed E-state index contributed by atoms with van der Waals surface area (Å²) in [5.41, 5.74) is 0.415. The standard InChI is InChI=1S/C11H14O5S/c1-9(8-15-17(2,13)14)16-11(12)10-6-4-3-5-7-10/h3-7,9H,8H2,1-2H3. The molecule has 0 spiro atoms. The largest absolute Gasteiger partial charge is 0.457 e. The molecule has 0 aliphatic rings. The molecule has 1 aromatic carbocycles. The minimum absolute atomic E-state index is 0.183. The molecule has 0 saturated heterocycles. The van der Waals surface area contributed by atoms with Crippen molar-refractivity contribution in [3.63, 3.8) is 0 Å². The third-order valence-corrected chi connectivity index (χ3v) is 2.40. The third-order valence-electron chi connectivity index (χ3n) is 1.83. The molecule has 1 rings (SSSR count). The second kappa shape index (κ2) is 5.79.